The number of carboxylic acid groups (broad SMARTS) is 1. The summed E-state index contributed by atoms with van der Waals surface area (Å²) in [5.41, 5.74) is 2.15. The zero-order valence-corrected chi connectivity index (χ0v) is 9.41. The summed E-state index contributed by atoms with van der Waals surface area (Å²) in [6, 6.07) is -0.445. The maximum absolute atomic E-state index is 10.8. The van der Waals surface area contributed by atoms with Crippen LogP contribution in [0.4, 0.5) is 0 Å². The van der Waals surface area contributed by atoms with Crippen LogP contribution in [0.25, 0.3) is 0 Å². The van der Waals surface area contributed by atoms with E-state index in [1.165, 1.54) is 0 Å². The lowest BCUT2D eigenvalue weighted by Crippen LogP contribution is -2.33. The molecule has 15 heavy (non-hydrogen) atoms. The van der Waals surface area contributed by atoms with Crippen molar-refractivity contribution in [3.8, 4) is 0 Å². The van der Waals surface area contributed by atoms with Crippen LogP contribution in [-0.4, -0.2) is 32.7 Å². The van der Waals surface area contributed by atoms with Crippen molar-refractivity contribution in [2.45, 2.75) is 18.3 Å². The second kappa shape index (κ2) is 3.86. The third-order valence-electron chi connectivity index (χ3n) is 2.64. The maximum Gasteiger partial charge on any atom is 0.321 e. The first kappa shape index (κ1) is 10.5. The highest BCUT2D eigenvalue weighted by atomic mass is 32.2. The van der Waals surface area contributed by atoms with Crippen LogP contribution < -0.4 is 5.32 Å². The molecule has 82 valence electrons. The van der Waals surface area contributed by atoms with Crippen LogP contribution >= 0.6 is 11.8 Å². The molecule has 0 spiro atoms. The highest BCUT2D eigenvalue weighted by Crippen LogP contribution is 2.34. The van der Waals surface area contributed by atoms with Crippen molar-refractivity contribution in [1.29, 1.82) is 0 Å². The fraction of sp³-hybridized carbons (Fsp3) is 0.556. The summed E-state index contributed by atoms with van der Waals surface area (Å²) >= 11 is 1.61. The predicted octanol–water partition coefficient (Wildman–Crippen LogP) is 0.517. The van der Waals surface area contributed by atoms with E-state index in [1.54, 1.807) is 22.6 Å². The van der Waals surface area contributed by atoms with Gasteiger partial charge in [0, 0.05) is 24.1 Å². The standard InChI is InChI=1S/C9H13N3O2S/c1-5-6(3-10-12(5)2)8-11-7(4-15-8)9(13)14/h3,7-8,11H,4H2,1-2H3,(H,13,14)/t7-,8-/m0/s1. The Morgan fingerprint density at radius 1 is 1.80 bits per heavy atom. The topological polar surface area (TPSA) is 67.2 Å². The summed E-state index contributed by atoms with van der Waals surface area (Å²) < 4.78 is 1.80. The summed E-state index contributed by atoms with van der Waals surface area (Å²) in [6.07, 6.45) is 1.80. The zero-order chi connectivity index (χ0) is 11.0. The van der Waals surface area contributed by atoms with Crippen molar-refractivity contribution in [2.75, 3.05) is 5.75 Å². The van der Waals surface area contributed by atoms with Gasteiger partial charge >= 0.3 is 5.97 Å². The Morgan fingerprint density at radius 2 is 2.53 bits per heavy atom. The van der Waals surface area contributed by atoms with Crippen LogP contribution in [0.3, 0.4) is 0 Å². The molecule has 1 fully saturated rings. The van der Waals surface area contributed by atoms with Gasteiger partial charge in [0.15, 0.2) is 0 Å². The van der Waals surface area contributed by atoms with E-state index in [1.807, 2.05) is 14.0 Å². The number of aromatic nitrogens is 2. The molecule has 1 saturated heterocycles. The summed E-state index contributed by atoms with van der Waals surface area (Å²) in [5, 5.41) is 16.1. The second-order valence-electron chi connectivity index (χ2n) is 3.58. The minimum absolute atomic E-state index is 0.0554. The molecule has 0 radical (unpaired) electrons. The minimum Gasteiger partial charge on any atom is -0.480 e. The number of carboxylic acids is 1. The van der Waals surface area contributed by atoms with Gasteiger partial charge in [-0.3, -0.25) is 14.8 Å². The molecule has 2 heterocycles. The average molecular weight is 227 g/mol. The Morgan fingerprint density at radius 3 is 3.00 bits per heavy atom. The Bertz CT molecular complexity index is 391. The molecule has 0 amide bonds. The fourth-order valence-corrected chi connectivity index (χ4v) is 2.86. The molecule has 1 aliphatic heterocycles. The molecule has 1 aromatic rings. The molecule has 2 rings (SSSR count). The summed E-state index contributed by atoms with van der Waals surface area (Å²) in [4.78, 5) is 10.8. The largest absolute Gasteiger partial charge is 0.480 e. The van der Waals surface area contributed by atoms with E-state index in [0.717, 1.165) is 11.3 Å². The molecular weight excluding hydrogens is 214 g/mol. The summed E-state index contributed by atoms with van der Waals surface area (Å²) in [6.45, 7) is 1.98. The van der Waals surface area contributed by atoms with Crippen LogP contribution in [0.1, 0.15) is 16.6 Å². The first-order valence-corrected chi connectivity index (χ1v) is 5.73. The van der Waals surface area contributed by atoms with Gasteiger partial charge in [-0.2, -0.15) is 5.10 Å². The van der Waals surface area contributed by atoms with Gasteiger partial charge < -0.3 is 5.11 Å². The molecule has 2 atom stereocenters. The van der Waals surface area contributed by atoms with Gasteiger partial charge in [0.1, 0.15) is 6.04 Å². The van der Waals surface area contributed by atoms with Gasteiger partial charge in [0.05, 0.1) is 11.6 Å². The Kier molecular flexibility index (Phi) is 2.70. The number of carbonyl (C=O) groups is 1. The number of nitrogens with zero attached hydrogens (tertiary/aromatic N) is 2. The first-order valence-electron chi connectivity index (χ1n) is 4.68. The third kappa shape index (κ3) is 1.87. The number of thioether (sulfide) groups is 1. The molecule has 6 heteroatoms. The van der Waals surface area contributed by atoms with Crippen molar-refractivity contribution in [2.24, 2.45) is 7.05 Å². The molecule has 0 bridgehead atoms. The van der Waals surface area contributed by atoms with Crippen molar-refractivity contribution >= 4 is 17.7 Å². The van der Waals surface area contributed by atoms with E-state index >= 15 is 0 Å². The van der Waals surface area contributed by atoms with Crippen molar-refractivity contribution in [3.05, 3.63) is 17.5 Å². The highest BCUT2D eigenvalue weighted by Gasteiger charge is 2.31. The van der Waals surface area contributed by atoms with Crippen molar-refractivity contribution in [3.63, 3.8) is 0 Å². The molecular formula is C9H13N3O2S. The van der Waals surface area contributed by atoms with Crippen molar-refractivity contribution < 1.29 is 9.90 Å². The van der Waals surface area contributed by atoms with Gasteiger partial charge in [-0.25, -0.2) is 0 Å². The van der Waals surface area contributed by atoms with Gasteiger partial charge in [0.2, 0.25) is 0 Å². The fourth-order valence-electron chi connectivity index (χ4n) is 1.57. The van der Waals surface area contributed by atoms with E-state index in [-0.39, 0.29) is 5.37 Å². The SMILES string of the molecule is Cc1c([C@H]2N[C@H](C(=O)O)CS2)cnn1C. The van der Waals surface area contributed by atoms with Gasteiger partial charge in [0.25, 0.3) is 0 Å². The first-order chi connectivity index (χ1) is 7.09. The number of aryl methyl sites for hydroxylation is 1. The maximum atomic E-state index is 10.8. The van der Waals surface area contributed by atoms with Gasteiger partial charge in [-0.05, 0) is 6.92 Å². The lowest BCUT2D eigenvalue weighted by molar-refractivity contribution is -0.138. The van der Waals surface area contributed by atoms with E-state index in [9.17, 15) is 4.79 Å². The Balaban J connectivity index is 2.14. The number of aliphatic carboxylic acids is 1. The Labute approximate surface area is 91.9 Å². The lowest BCUT2D eigenvalue weighted by Gasteiger charge is -2.10. The van der Waals surface area contributed by atoms with Crippen LogP contribution in [-0.2, 0) is 11.8 Å². The number of nitrogens with one attached hydrogen (secondary N) is 1. The zero-order valence-electron chi connectivity index (χ0n) is 8.60. The predicted molar refractivity (Wildman–Crippen MR) is 57.7 cm³/mol. The molecule has 0 aliphatic carbocycles. The minimum atomic E-state index is -0.786. The number of rotatable bonds is 2. The lowest BCUT2D eigenvalue weighted by atomic mass is 10.2. The van der Waals surface area contributed by atoms with Gasteiger partial charge in [-0.1, -0.05) is 0 Å². The molecule has 1 aliphatic rings. The third-order valence-corrected chi connectivity index (χ3v) is 3.89. The molecule has 5 nitrogen and oxygen atoms in total. The molecule has 1 aromatic heterocycles. The van der Waals surface area contributed by atoms with E-state index < -0.39 is 12.0 Å². The number of hydrogen-bond acceptors (Lipinski definition) is 4. The van der Waals surface area contributed by atoms with E-state index in [2.05, 4.69) is 10.4 Å². The molecule has 0 saturated carbocycles. The van der Waals surface area contributed by atoms with Crippen LogP contribution in [0.15, 0.2) is 6.20 Å². The normalized spacial score (nSPS) is 25.7. The molecule has 0 aromatic carbocycles. The van der Waals surface area contributed by atoms with E-state index in [0.29, 0.717) is 5.75 Å². The highest BCUT2D eigenvalue weighted by molar-refractivity contribution is 7.99. The number of hydrogen-bond donors (Lipinski definition) is 2. The second-order valence-corrected chi connectivity index (χ2v) is 4.72. The van der Waals surface area contributed by atoms with Crippen LogP contribution in [0.5, 0.6) is 0 Å². The monoisotopic (exact) mass is 227 g/mol. The van der Waals surface area contributed by atoms with Crippen LogP contribution in [0, 0.1) is 6.92 Å². The quantitative estimate of drug-likeness (QED) is 0.771. The summed E-state index contributed by atoms with van der Waals surface area (Å²) in [5.74, 6) is -0.180. The average Bonchev–Trinajstić information content (AvgIpc) is 2.76. The smallest absolute Gasteiger partial charge is 0.321 e. The molecule has 2 N–H and O–H groups in total. The summed E-state index contributed by atoms with van der Waals surface area (Å²) in [7, 11) is 1.88. The van der Waals surface area contributed by atoms with Crippen LogP contribution in [0.2, 0.25) is 0 Å². The van der Waals surface area contributed by atoms with Gasteiger partial charge in [-0.15, -0.1) is 11.8 Å². The van der Waals surface area contributed by atoms with E-state index in [4.69, 9.17) is 5.11 Å². The Hall–Kier alpha value is -1.01. The molecule has 0 unspecified atom stereocenters. The van der Waals surface area contributed by atoms with Crippen molar-refractivity contribution in [1.82, 2.24) is 15.1 Å².